The number of fused-ring (bicyclic) bond motifs is 3. The Hall–Kier alpha value is -4.18. The molecule has 2 aliphatic rings. The van der Waals surface area contributed by atoms with Crippen LogP contribution in [0.2, 0.25) is 0 Å². The van der Waals surface area contributed by atoms with Crippen LogP contribution in [-0.4, -0.2) is 38.3 Å². The molecule has 2 aliphatic heterocycles. The molecule has 158 valence electrons. The summed E-state index contributed by atoms with van der Waals surface area (Å²) in [5.74, 6) is -2.28. The lowest BCUT2D eigenvalue weighted by Gasteiger charge is -2.31. The maximum absolute atomic E-state index is 13.4. The third-order valence-electron chi connectivity index (χ3n) is 5.33. The Kier molecular flexibility index (Phi) is 4.45. The molecule has 0 aliphatic carbocycles. The smallest absolute Gasteiger partial charge is 0.277 e. The highest BCUT2D eigenvalue weighted by atomic mass is 32.2. The minimum atomic E-state index is -1.50. The second kappa shape index (κ2) is 7.20. The Balaban J connectivity index is 1.54. The van der Waals surface area contributed by atoms with Gasteiger partial charge in [-0.3, -0.25) is 34.3 Å². The van der Waals surface area contributed by atoms with Crippen LogP contribution in [0.5, 0.6) is 0 Å². The topological polar surface area (TPSA) is 118 Å². The van der Waals surface area contributed by atoms with Gasteiger partial charge in [-0.1, -0.05) is 30.3 Å². The average Bonchev–Trinajstić information content (AvgIpc) is 3.04. The van der Waals surface area contributed by atoms with E-state index in [0.29, 0.717) is 26.1 Å². The molecule has 0 fully saturated rings. The lowest BCUT2D eigenvalue weighted by atomic mass is 10.1. The van der Waals surface area contributed by atoms with Gasteiger partial charge in [0.1, 0.15) is 12.1 Å². The van der Waals surface area contributed by atoms with Gasteiger partial charge in [0.2, 0.25) is 0 Å². The number of hydrogen-bond donors (Lipinski definition) is 0. The first-order chi connectivity index (χ1) is 15.4. The van der Waals surface area contributed by atoms with Crippen LogP contribution >= 0.6 is 0 Å². The molecule has 0 unspecified atom stereocenters. The van der Waals surface area contributed by atoms with Crippen molar-refractivity contribution in [2.75, 3.05) is 11.4 Å². The predicted octanol–water partition coefficient (Wildman–Crippen LogP) is 3.04. The number of imide groups is 1. The summed E-state index contributed by atoms with van der Waals surface area (Å²) >= 11 is 0. The standard InChI is InChI=1S/C22H13N3O6S/c26-19(12-23-21(27)13-6-5-9-16(25(29)30)20(13)22(23)28)24-14-7-1-3-10-17(14)32(31)18-11-4-2-8-15(18)24/h1-11H,12H2. The van der Waals surface area contributed by atoms with Crippen LogP contribution in [0.15, 0.2) is 76.5 Å². The Morgan fingerprint density at radius 3 is 2.06 bits per heavy atom. The molecule has 0 radical (unpaired) electrons. The first kappa shape index (κ1) is 19.8. The van der Waals surface area contributed by atoms with E-state index in [0.717, 1.165) is 6.07 Å². The number of hydrogen-bond acceptors (Lipinski definition) is 6. The number of nitro benzene ring substituents is 1. The van der Waals surface area contributed by atoms with E-state index < -0.39 is 45.7 Å². The van der Waals surface area contributed by atoms with Gasteiger partial charge in [0.05, 0.1) is 42.5 Å². The largest absolute Gasteiger partial charge is 0.282 e. The number of rotatable bonds is 3. The molecule has 3 aromatic rings. The van der Waals surface area contributed by atoms with Gasteiger partial charge in [-0.2, -0.15) is 0 Å². The van der Waals surface area contributed by atoms with E-state index >= 15 is 0 Å². The van der Waals surface area contributed by atoms with Crippen molar-refractivity contribution in [3.05, 3.63) is 88.0 Å². The molecule has 0 spiro atoms. The van der Waals surface area contributed by atoms with Gasteiger partial charge < -0.3 is 0 Å². The minimum Gasteiger partial charge on any atom is -0.277 e. The summed E-state index contributed by atoms with van der Waals surface area (Å²) in [6, 6.07) is 17.1. The summed E-state index contributed by atoms with van der Waals surface area (Å²) in [6.45, 7) is -0.626. The molecule has 9 nitrogen and oxygen atoms in total. The molecule has 0 aromatic heterocycles. The van der Waals surface area contributed by atoms with Crippen LogP contribution in [0.1, 0.15) is 20.7 Å². The summed E-state index contributed by atoms with van der Waals surface area (Å²) < 4.78 is 13.0. The molecule has 0 atom stereocenters. The number of benzene rings is 3. The van der Waals surface area contributed by atoms with Crippen LogP contribution in [0, 0.1) is 10.1 Å². The molecule has 2 heterocycles. The van der Waals surface area contributed by atoms with E-state index in [-0.39, 0.29) is 11.1 Å². The van der Waals surface area contributed by atoms with Crippen molar-refractivity contribution >= 4 is 45.6 Å². The molecule has 0 saturated carbocycles. The highest BCUT2D eigenvalue weighted by Crippen LogP contribution is 2.42. The van der Waals surface area contributed by atoms with E-state index in [1.54, 1.807) is 48.5 Å². The van der Waals surface area contributed by atoms with E-state index in [9.17, 15) is 28.7 Å². The number of carbonyl (C=O) groups is 3. The summed E-state index contributed by atoms with van der Waals surface area (Å²) in [4.78, 5) is 52.5. The minimum absolute atomic E-state index is 0.113. The first-order valence-corrected chi connectivity index (χ1v) is 10.6. The van der Waals surface area contributed by atoms with Crippen LogP contribution in [0.3, 0.4) is 0 Å². The van der Waals surface area contributed by atoms with Gasteiger partial charge in [0.15, 0.2) is 0 Å². The van der Waals surface area contributed by atoms with Crippen LogP contribution < -0.4 is 4.90 Å². The van der Waals surface area contributed by atoms with Crippen molar-refractivity contribution in [1.82, 2.24) is 4.90 Å². The monoisotopic (exact) mass is 447 g/mol. The third kappa shape index (κ3) is 2.77. The van der Waals surface area contributed by atoms with E-state index in [1.165, 1.54) is 17.0 Å². The Morgan fingerprint density at radius 1 is 0.875 bits per heavy atom. The van der Waals surface area contributed by atoms with Crippen molar-refractivity contribution in [3.8, 4) is 0 Å². The average molecular weight is 447 g/mol. The zero-order valence-corrected chi connectivity index (χ0v) is 17.1. The number of amides is 3. The summed E-state index contributed by atoms with van der Waals surface area (Å²) in [5.41, 5.74) is -0.150. The Bertz CT molecular complexity index is 1340. The fourth-order valence-corrected chi connectivity index (χ4v) is 5.27. The van der Waals surface area contributed by atoms with Gasteiger partial charge in [0.25, 0.3) is 23.4 Å². The summed E-state index contributed by atoms with van der Waals surface area (Å²) in [5, 5.41) is 11.3. The summed E-state index contributed by atoms with van der Waals surface area (Å²) in [6.07, 6.45) is 0. The molecular formula is C22H13N3O6S. The fourth-order valence-electron chi connectivity index (χ4n) is 3.93. The number of para-hydroxylation sites is 2. The van der Waals surface area contributed by atoms with Gasteiger partial charge in [-0.15, -0.1) is 0 Å². The van der Waals surface area contributed by atoms with E-state index in [2.05, 4.69) is 0 Å². The van der Waals surface area contributed by atoms with Crippen LogP contribution in [-0.2, 0) is 15.6 Å². The maximum Gasteiger partial charge on any atom is 0.282 e. The lowest BCUT2D eigenvalue weighted by Crippen LogP contribution is -2.42. The first-order valence-electron chi connectivity index (χ1n) is 9.46. The van der Waals surface area contributed by atoms with Crippen molar-refractivity contribution in [1.29, 1.82) is 0 Å². The fraction of sp³-hybridized carbons (Fsp3) is 0.0455. The zero-order valence-electron chi connectivity index (χ0n) is 16.3. The molecular weight excluding hydrogens is 434 g/mol. The van der Waals surface area contributed by atoms with E-state index in [4.69, 9.17) is 0 Å². The van der Waals surface area contributed by atoms with Gasteiger partial charge in [0, 0.05) is 6.07 Å². The predicted molar refractivity (Wildman–Crippen MR) is 113 cm³/mol. The van der Waals surface area contributed by atoms with Crippen LogP contribution in [0.25, 0.3) is 0 Å². The Morgan fingerprint density at radius 2 is 1.47 bits per heavy atom. The van der Waals surface area contributed by atoms with Gasteiger partial charge >= 0.3 is 0 Å². The highest BCUT2D eigenvalue weighted by Gasteiger charge is 2.43. The molecule has 3 aromatic carbocycles. The van der Waals surface area contributed by atoms with Crippen molar-refractivity contribution in [3.63, 3.8) is 0 Å². The molecule has 32 heavy (non-hydrogen) atoms. The quantitative estimate of drug-likeness (QED) is 0.346. The highest BCUT2D eigenvalue weighted by molar-refractivity contribution is 7.85. The maximum atomic E-state index is 13.4. The van der Waals surface area contributed by atoms with Crippen LogP contribution in [0.4, 0.5) is 17.1 Å². The molecule has 3 amide bonds. The number of nitro groups is 1. The second-order valence-electron chi connectivity index (χ2n) is 7.09. The van der Waals surface area contributed by atoms with Crippen molar-refractivity contribution in [2.45, 2.75) is 9.79 Å². The second-order valence-corrected chi connectivity index (χ2v) is 8.50. The zero-order chi connectivity index (χ0) is 22.6. The molecule has 10 heteroatoms. The molecule has 0 bridgehead atoms. The Labute approximate surface area is 183 Å². The number of anilines is 2. The van der Waals surface area contributed by atoms with Gasteiger partial charge in [-0.05, 0) is 30.3 Å². The van der Waals surface area contributed by atoms with Gasteiger partial charge in [-0.25, -0.2) is 4.21 Å². The van der Waals surface area contributed by atoms with Crippen molar-refractivity contribution in [2.24, 2.45) is 0 Å². The molecule has 0 N–H and O–H groups in total. The van der Waals surface area contributed by atoms with Crippen molar-refractivity contribution < 1.29 is 23.5 Å². The number of nitrogens with zero attached hydrogens (tertiary/aromatic N) is 3. The summed E-state index contributed by atoms with van der Waals surface area (Å²) in [7, 11) is -1.50. The third-order valence-corrected chi connectivity index (χ3v) is 6.82. The normalized spacial score (nSPS) is 14.8. The lowest BCUT2D eigenvalue weighted by molar-refractivity contribution is -0.385. The van der Waals surface area contributed by atoms with E-state index in [1.807, 2.05) is 0 Å². The number of carbonyl (C=O) groups excluding carboxylic acids is 3. The molecule has 5 rings (SSSR count). The SMILES string of the molecule is O=C1c2cccc([N+](=O)[O-])c2C(=O)N1CC(=O)N1c2ccccc2S(=O)c2ccccc21. The molecule has 0 saturated heterocycles.